The molecule has 98 valence electrons. The summed E-state index contributed by atoms with van der Waals surface area (Å²) < 4.78 is 13.1. The second kappa shape index (κ2) is 5.85. The molecule has 0 saturated carbocycles. The molecule has 0 unspecified atom stereocenters. The Labute approximate surface area is 116 Å². The smallest absolute Gasteiger partial charge is 0.152 e. The van der Waals surface area contributed by atoms with Gasteiger partial charge in [0, 0.05) is 29.9 Å². The molecule has 0 radical (unpaired) electrons. The summed E-state index contributed by atoms with van der Waals surface area (Å²) >= 11 is 5.93. The lowest BCUT2D eigenvalue weighted by Gasteiger charge is -2.21. The first-order chi connectivity index (χ1) is 9.10. The van der Waals surface area contributed by atoms with E-state index in [1.165, 1.54) is 12.1 Å². The van der Waals surface area contributed by atoms with Gasteiger partial charge in [-0.1, -0.05) is 23.7 Å². The molecule has 0 aliphatic heterocycles. The number of hydrogen-bond acceptors (Lipinski definition) is 2. The summed E-state index contributed by atoms with van der Waals surface area (Å²) in [5.41, 5.74) is 2.05. The summed E-state index contributed by atoms with van der Waals surface area (Å²) in [4.78, 5) is 12.9. The van der Waals surface area contributed by atoms with Crippen LogP contribution in [0.5, 0.6) is 0 Å². The molecular formula is C15H13ClFNO. The Morgan fingerprint density at radius 3 is 2.74 bits per heavy atom. The van der Waals surface area contributed by atoms with Crippen LogP contribution in [0, 0.1) is 5.82 Å². The van der Waals surface area contributed by atoms with E-state index in [1.54, 1.807) is 12.1 Å². The zero-order valence-electron chi connectivity index (χ0n) is 10.4. The average Bonchev–Trinajstić information content (AvgIpc) is 2.38. The van der Waals surface area contributed by atoms with Crippen molar-refractivity contribution in [1.29, 1.82) is 0 Å². The fourth-order valence-electron chi connectivity index (χ4n) is 1.96. The van der Waals surface area contributed by atoms with Gasteiger partial charge in [-0.25, -0.2) is 4.39 Å². The van der Waals surface area contributed by atoms with Crippen LogP contribution in [0.15, 0.2) is 42.5 Å². The minimum absolute atomic E-state index is 0.338. The average molecular weight is 278 g/mol. The van der Waals surface area contributed by atoms with Gasteiger partial charge >= 0.3 is 0 Å². The van der Waals surface area contributed by atoms with Crippen LogP contribution in [0.1, 0.15) is 15.9 Å². The third-order valence-corrected chi connectivity index (χ3v) is 3.07. The van der Waals surface area contributed by atoms with Crippen LogP contribution >= 0.6 is 11.6 Å². The van der Waals surface area contributed by atoms with Gasteiger partial charge in [0.25, 0.3) is 0 Å². The Bertz CT molecular complexity index is 600. The molecule has 4 heteroatoms. The van der Waals surface area contributed by atoms with Crippen LogP contribution in [0.4, 0.5) is 10.1 Å². The van der Waals surface area contributed by atoms with Crippen LogP contribution < -0.4 is 4.90 Å². The maximum atomic E-state index is 13.1. The van der Waals surface area contributed by atoms with Gasteiger partial charge in [0.05, 0.1) is 0 Å². The van der Waals surface area contributed by atoms with Crippen molar-refractivity contribution < 1.29 is 9.18 Å². The van der Waals surface area contributed by atoms with Crippen LogP contribution in [0.2, 0.25) is 5.02 Å². The van der Waals surface area contributed by atoms with Gasteiger partial charge in [-0.3, -0.25) is 4.79 Å². The van der Waals surface area contributed by atoms with E-state index in [2.05, 4.69) is 0 Å². The second-order valence-corrected chi connectivity index (χ2v) is 4.74. The first-order valence-electron chi connectivity index (χ1n) is 5.80. The molecule has 0 aliphatic carbocycles. The number of rotatable bonds is 4. The standard InChI is InChI=1S/C15H13ClFNO/c1-18(9-11-3-2-4-13(16)7-11)15-6-5-14(17)8-12(15)10-19/h2-8,10H,9H2,1H3. The van der Waals surface area contributed by atoms with Gasteiger partial charge in [0.2, 0.25) is 0 Å². The van der Waals surface area contributed by atoms with Crippen molar-refractivity contribution in [2.45, 2.75) is 6.54 Å². The van der Waals surface area contributed by atoms with Gasteiger partial charge in [0.15, 0.2) is 6.29 Å². The second-order valence-electron chi connectivity index (χ2n) is 4.31. The summed E-state index contributed by atoms with van der Waals surface area (Å²) in [6.07, 6.45) is 0.660. The molecule has 0 aliphatic rings. The fraction of sp³-hybridized carbons (Fsp3) is 0.133. The van der Waals surface area contributed by atoms with Gasteiger partial charge in [-0.15, -0.1) is 0 Å². The minimum Gasteiger partial charge on any atom is -0.370 e. The molecule has 0 aromatic heterocycles. The predicted octanol–water partition coefficient (Wildman–Crippen LogP) is 3.93. The van der Waals surface area contributed by atoms with Crippen LogP contribution in [-0.2, 0) is 6.54 Å². The number of nitrogens with zero attached hydrogens (tertiary/aromatic N) is 1. The lowest BCUT2D eigenvalue weighted by molar-refractivity contribution is 0.112. The van der Waals surface area contributed by atoms with Crippen molar-refractivity contribution in [3.05, 3.63) is 64.4 Å². The quantitative estimate of drug-likeness (QED) is 0.789. The number of benzene rings is 2. The Morgan fingerprint density at radius 2 is 2.05 bits per heavy atom. The van der Waals surface area contributed by atoms with Gasteiger partial charge < -0.3 is 4.90 Å². The largest absolute Gasteiger partial charge is 0.370 e. The van der Waals surface area contributed by atoms with Crippen LogP contribution in [-0.4, -0.2) is 13.3 Å². The van der Waals surface area contributed by atoms with Crippen molar-refractivity contribution >= 4 is 23.6 Å². The highest BCUT2D eigenvalue weighted by molar-refractivity contribution is 6.30. The minimum atomic E-state index is -0.415. The first kappa shape index (κ1) is 13.6. The molecule has 2 nitrogen and oxygen atoms in total. The van der Waals surface area contributed by atoms with E-state index in [0.717, 1.165) is 5.56 Å². The summed E-state index contributed by atoms with van der Waals surface area (Å²) in [7, 11) is 1.85. The number of halogens is 2. The third-order valence-electron chi connectivity index (χ3n) is 2.84. The maximum Gasteiger partial charge on any atom is 0.152 e. The van der Waals surface area contributed by atoms with Gasteiger partial charge in [-0.2, -0.15) is 0 Å². The maximum absolute atomic E-state index is 13.1. The summed E-state index contributed by atoms with van der Waals surface area (Å²) in [6, 6.07) is 11.7. The first-order valence-corrected chi connectivity index (χ1v) is 6.18. The molecule has 2 rings (SSSR count). The number of carbonyl (C=O) groups is 1. The molecule has 0 fully saturated rings. The highest BCUT2D eigenvalue weighted by Crippen LogP contribution is 2.21. The topological polar surface area (TPSA) is 20.3 Å². The lowest BCUT2D eigenvalue weighted by Crippen LogP contribution is -2.18. The Morgan fingerprint density at radius 1 is 1.26 bits per heavy atom. The SMILES string of the molecule is CN(Cc1cccc(Cl)c1)c1ccc(F)cc1C=O. The van der Waals surface area contributed by atoms with Gasteiger partial charge in [0.1, 0.15) is 5.82 Å². The normalized spacial score (nSPS) is 10.3. The van der Waals surface area contributed by atoms with Crippen molar-refractivity contribution in [3.63, 3.8) is 0 Å². The molecule has 19 heavy (non-hydrogen) atoms. The van der Waals surface area contributed by atoms with E-state index in [4.69, 9.17) is 11.6 Å². The number of hydrogen-bond donors (Lipinski definition) is 0. The third kappa shape index (κ3) is 3.32. The molecular weight excluding hydrogens is 265 g/mol. The molecule has 0 heterocycles. The zero-order chi connectivity index (χ0) is 13.8. The van der Waals surface area contributed by atoms with Crippen molar-refractivity contribution in [1.82, 2.24) is 0 Å². The Balaban J connectivity index is 2.24. The predicted molar refractivity (Wildman–Crippen MR) is 75.3 cm³/mol. The molecule has 0 saturated heterocycles. The molecule has 0 N–H and O–H groups in total. The van der Waals surface area contributed by atoms with Crippen molar-refractivity contribution in [2.24, 2.45) is 0 Å². The highest BCUT2D eigenvalue weighted by Gasteiger charge is 2.09. The van der Waals surface area contributed by atoms with E-state index in [9.17, 15) is 9.18 Å². The summed E-state index contributed by atoms with van der Waals surface area (Å²) in [5.74, 6) is -0.415. The molecule has 2 aromatic carbocycles. The molecule has 0 atom stereocenters. The van der Waals surface area contributed by atoms with E-state index < -0.39 is 5.82 Å². The van der Waals surface area contributed by atoms with E-state index in [-0.39, 0.29) is 0 Å². The summed E-state index contributed by atoms with van der Waals surface area (Å²) in [5, 5.41) is 0.667. The molecule has 0 amide bonds. The monoisotopic (exact) mass is 277 g/mol. The number of anilines is 1. The lowest BCUT2D eigenvalue weighted by atomic mass is 10.1. The van der Waals surface area contributed by atoms with Crippen LogP contribution in [0.3, 0.4) is 0 Å². The Hall–Kier alpha value is -1.87. The van der Waals surface area contributed by atoms with Gasteiger partial charge in [-0.05, 0) is 35.9 Å². The molecule has 0 spiro atoms. The Kier molecular flexibility index (Phi) is 4.17. The number of carbonyl (C=O) groups excluding carboxylic acids is 1. The summed E-state index contributed by atoms with van der Waals surface area (Å²) in [6.45, 7) is 0.590. The van der Waals surface area contributed by atoms with Crippen molar-refractivity contribution in [3.8, 4) is 0 Å². The van der Waals surface area contributed by atoms with E-state index in [0.29, 0.717) is 29.1 Å². The van der Waals surface area contributed by atoms with Crippen molar-refractivity contribution in [2.75, 3.05) is 11.9 Å². The molecule has 0 bridgehead atoms. The fourth-order valence-corrected chi connectivity index (χ4v) is 2.17. The molecule has 2 aromatic rings. The zero-order valence-corrected chi connectivity index (χ0v) is 11.2. The van der Waals surface area contributed by atoms with E-state index in [1.807, 2.05) is 30.1 Å². The van der Waals surface area contributed by atoms with Crippen LogP contribution in [0.25, 0.3) is 0 Å². The number of aldehydes is 1. The highest BCUT2D eigenvalue weighted by atomic mass is 35.5. The van der Waals surface area contributed by atoms with E-state index >= 15 is 0 Å².